The number of hydrogen-bond acceptors (Lipinski definition) is 5. The molecule has 0 radical (unpaired) electrons. The van der Waals surface area contributed by atoms with Crippen molar-refractivity contribution in [3.63, 3.8) is 0 Å². The Morgan fingerprint density at radius 1 is 1.38 bits per heavy atom. The van der Waals surface area contributed by atoms with Crippen LogP contribution in [-0.2, 0) is 9.53 Å². The highest BCUT2D eigenvalue weighted by molar-refractivity contribution is 6.30. The quantitative estimate of drug-likeness (QED) is 0.662. The van der Waals surface area contributed by atoms with Crippen molar-refractivity contribution in [3.05, 3.63) is 52.4 Å². The number of allylic oxidation sites excluding steroid dienone is 1. The van der Waals surface area contributed by atoms with Crippen LogP contribution < -0.4 is 5.32 Å². The second-order valence-electron chi connectivity index (χ2n) is 5.64. The predicted octanol–water partition coefficient (Wildman–Crippen LogP) is 3.56. The molecule has 0 fully saturated rings. The van der Waals surface area contributed by atoms with Crippen molar-refractivity contribution in [3.8, 4) is 0 Å². The lowest BCUT2D eigenvalue weighted by Crippen LogP contribution is -2.29. The van der Waals surface area contributed by atoms with Crippen molar-refractivity contribution in [2.75, 3.05) is 11.9 Å². The van der Waals surface area contributed by atoms with Crippen LogP contribution >= 0.6 is 11.6 Å². The van der Waals surface area contributed by atoms with E-state index in [4.69, 9.17) is 16.3 Å². The maximum atomic E-state index is 12.7. The van der Waals surface area contributed by atoms with E-state index in [-0.39, 0.29) is 5.97 Å². The van der Waals surface area contributed by atoms with Gasteiger partial charge in [0, 0.05) is 10.7 Å². The first-order chi connectivity index (χ1) is 11.6. The highest BCUT2D eigenvalue weighted by Gasteiger charge is 2.34. The molecule has 1 aromatic carbocycles. The fraction of sp³-hybridized carbons (Fsp3) is 0.353. The number of aromatic nitrogens is 3. The van der Waals surface area contributed by atoms with Crippen LogP contribution in [0, 0.1) is 0 Å². The van der Waals surface area contributed by atoms with Crippen molar-refractivity contribution in [2.24, 2.45) is 0 Å². The normalized spacial score (nSPS) is 16.5. The number of esters is 1. The van der Waals surface area contributed by atoms with Gasteiger partial charge in [-0.15, -0.1) is 0 Å². The van der Waals surface area contributed by atoms with E-state index in [0.29, 0.717) is 23.2 Å². The van der Waals surface area contributed by atoms with Gasteiger partial charge >= 0.3 is 5.97 Å². The standard InChI is InChI=1S/C17H19ClN4O2/c1-3-4-9-24-16(23)14-11(2)21-17-19-10-20-22(17)15(14)12-5-7-13(18)8-6-12/h5-8,10,15H,3-4,9H2,1-2H3,(H,19,20,21)/t15-/m0/s1. The minimum absolute atomic E-state index is 0.338. The van der Waals surface area contributed by atoms with Gasteiger partial charge in [-0.25, -0.2) is 9.48 Å². The molecule has 6 nitrogen and oxygen atoms in total. The molecule has 0 saturated carbocycles. The molecule has 0 saturated heterocycles. The average molecular weight is 347 g/mol. The van der Waals surface area contributed by atoms with E-state index in [1.54, 1.807) is 16.8 Å². The summed E-state index contributed by atoms with van der Waals surface area (Å²) in [7, 11) is 0. The molecule has 2 aromatic rings. The Hall–Kier alpha value is -2.34. The number of nitrogens with zero attached hydrogens (tertiary/aromatic N) is 3. The lowest BCUT2D eigenvalue weighted by Gasteiger charge is -2.28. The number of hydrogen-bond donors (Lipinski definition) is 1. The molecule has 1 aromatic heterocycles. The Bertz CT molecular complexity index is 767. The first-order valence-corrected chi connectivity index (χ1v) is 8.29. The van der Waals surface area contributed by atoms with E-state index >= 15 is 0 Å². The Morgan fingerprint density at radius 3 is 2.83 bits per heavy atom. The van der Waals surface area contributed by atoms with E-state index < -0.39 is 6.04 Å². The van der Waals surface area contributed by atoms with Crippen LogP contribution in [0.15, 0.2) is 41.9 Å². The van der Waals surface area contributed by atoms with Gasteiger partial charge in [-0.05, 0) is 31.0 Å². The molecule has 1 aliphatic heterocycles. The van der Waals surface area contributed by atoms with Crippen LogP contribution in [0.25, 0.3) is 0 Å². The highest BCUT2D eigenvalue weighted by atomic mass is 35.5. The number of carbonyl (C=O) groups is 1. The van der Waals surface area contributed by atoms with Gasteiger partial charge in [0.25, 0.3) is 0 Å². The number of nitrogens with one attached hydrogen (secondary N) is 1. The Morgan fingerprint density at radius 2 is 2.12 bits per heavy atom. The van der Waals surface area contributed by atoms with E-state index in [2.05, 4.69) is 22.3 Å². The first-order valence-electron chi connectivity index (χ1n) is 7.91. The number of halogens is 1. The summed E-state index contributed by atoms with van der Waals surface area (Å²) >= 11 is 5.99. The molecule has 0 aliphatic carbocycles. The number of fused-ring (bicyclic) bond motifs is 1. The molecule has 2 heterocycles. The third-order valence-corrected chi connectivity index (χ3v) is 4.18. The minimum atomic E-state index is -0.393. The zero-order chi connectivity index (χ0) is 17.1. The van der Waals surface area contributed by atoms with E-state index in [1.165, 1.54) is 6.33 Å². The minimum Gasteiger partial charge on any atom is -0.462 e. The molecule has 0 amide bonds. The van der Waals surface area contributed by atoms with Crippen molar-refractivity contribution in [1.82, 2.24) is 14.8 Å². The van der Waals surface area contributed by atoms with Crippen LogP contribution in [0.4, 0.5) is 5.95 Å². The molecule has 126 valence electrons. The average Bonchev–Trinajstić information content (AvgIpc) is 3.02. The molecule has 24 heavy (non-hydrogen) atoms. The lowest BCUT2D eigenvalue weighted by atomic mass is 9.96. The van der Waals surface area contributed by atoms with Gasteiger partial charge in [-0.3, -0.25) is 0 Å². The van der Waals surface area contributed by atoms with Gasteiger partial charge in [0.2, 0.25) is 5.95 Å². The summed E-state index contributed by atoms with van der Waals surface area (Å²) in [4.78, 5) is 16.9. The maximum Gasteiger partial charge on any atom is 0.338 e. The summed E-state index contributed by atoms with van der Waals surface area (Å²) in [5.74, 6) is 0.257. The van der Waals surface area contributed by atoms with Gasteiger partial charge in [-0.1, -0.05) is 37.1 Å². The second kappa shape index (κ2) is 7.05. The summed E-state index contributed by atoms with van der Waals surface area (Å²) in [6.07, 6.45) is 3.27. The van der Waals surface area contributed by atoms with Gasteiger partial charge in [0.15, 0.2) is 0 Å². The Kier molecular flexibility index (Phi) is 4.85. The smallest absolute Gasteiger partial charge is 0.338 e. The fourth-order valence-electron chi connectivity index (χ4n) is 2.70. The molecule has 1 atom stereocenters. The number of benzene rings is 1. The molecule has 1 aliphatic rings. The molecular formula is C17H19ClN4O2. The van der Waals surface area contributed by atoms with Crippen LogP contribution in [-0.4, -0.2) is 27.3 Å². The number of carbonyl (C=O) groups excluding carboxylic acids is 1. The molecule has 1 N–H and O–H groups in total. The van der Waals surface area contributed by atoms with Crippen molar-refractivity contribution in [2.45, 2.75) is 32.7 Å². The Labute approximate surface area is 145 Å². The summed E-state index contributed by atoms with van der Waals surface area (Å²) in [6.45, 7) is 4.31. The van der Waals surface area contributed by atoms with Crippen molar-refractivity contribution >= 4 is 23.5 Å². The lowest BCUT2D eigenvalue weighted by molar-refractivity contribution is -0.139. The van der Waals surface area contributed by atoms with Crippen LogP contribution in [0.1, 0.15) is 38.3 Å². The van der Waals surface area contributed by atoms with Gasteiger partial charge in [-0.2, -0.15) is 10.1 Å². The molecule has 0 spiro atoms. The topological polar surface area (TPSA) is 69.0 Å². The maximum absolute atomic E-state index is 12.7. The van der Waals surface area contributed by atoms with Gasteiger partial charge in [0.1, 0.15) is 12.4 Å². The van der Waals surface area contributed by atoms with Crippen molar-refractivity contribution < 1.29 is 9.53 Å². The number of anilines is 1. The molecule has 7 heteroatoms. The molecule has 3 rings (SSSR count). The van der Waals surface area contributed by atoms with Gasteiger partial charge < -0.3 is 10.1 Å². The highest BCUT2D eigenvalue weighted by Crippen LogP contribution is 2.35. The van der Waals surface area contributed by atoms with E-state index in [9.17, 15) is 4.79 Å². The monoisotopic (exact) mass is 346 g/mol. The zero-order valence-corrected chi connectivity index (χ0v) is 14.4. The molecule has 0 unspecified atom stereocenters. The molecular weight excluding hydrogens is 328 g/mol. The SMILES string of the molecule is CCCCOC(=O)C1=C(C)Nc2ncnn2[C@H]1c1ccc(Cl)cc1. The zero-order valence-electron chi connectivity index (χ0n) is 13.6. The van der Waals surface area contributed by atoms with Crippen LogP contribution in [0.5, 0.6) is 0 Å². The summed E-state index contributed by atoms with van der Waals surface area (Å²) in [6, 6.07) is 6.97. The fourth-order valence-corrected chi connectivity index (χ4v) is 2.82. The number of rotatable bonds is 5. The largest absolute Gasteiger partial charge is 0.462 e. The van der Waals surface area contributed by atoms with Crippen molar-refractivity contribution in [1.29, 1.82) is 0 Å². The summed E-state index contributed by atoms with van der Waals surface area (Å²) in [5.41, 5.74) is 2.15. The second-order valence-corrected chi connectivity index (χ2v) is 6.07. The first kappa shape index (κ1) is 16.5. The Balaban J connectivity index is 2.00. The van der Waals surface area contributed by atoms with E-state index in [0.717, 1.165) is 24.1 Å². The van der Waals surface area contributed by atoms with Crippen LogP contribution in [0.3, 0.4) is 0 Å². The molecule has 0 bridgehead atoms. The van der Waals surface area contributed by atoms with Gasteiger partial charge in [0.05, 0.1) is 12.2 Å². The predicted molar refractivity (Wildman–Crippen MR) is 91.8 cm³/mol. The third-order valence-electron chi connectivity index (χ3n) is 3.93. The number of ether oxygens (including phenoxy) is 1. The third kappa shape index (κ3) is 3.14. The van der Waals surface area contributed by atoms with Crippen LogP contribution in [0.2, 0.25) is 5.02 Å². The van der Waals surface area contributed by atoms with E-state index in [1.807, 2.05) is 19.1 Å². The summed E-state index contributed by atoms with van der Waals surface area (Å²) < 4.78 is 7.12. The number of unbranched alkanes of at least 4 members (excludes halogenated alkanes) is 1. The summed E-state index contributed by atoms with van der Waals surface area (Å²) in [5, 5.41) is 8.02.